The average molecular weight is 270 g/mol. The van der Waals surface area contributed by atoms with E-state index < -0.39 is 0 Å². The van der Waals surface area contributed by atoms with Gasteiger partial charge in [0.25, 0.3) is 5.88 Å². The molecule has 2 rings (SSSR count). The van der Waals surface area contributed by atoms with Crippen LogP contribution in [0.3, 0.4) is 0 Å². The standard InChI is InChI=1S/C10H12BrN3O/c1-10(2,3)15-9-8-12-4-5-14(8)6-7(11)13-9/h4-6H,1-3H3. The third kappa shape index (κ3) is 2.28. The van der Waals surface area contributed by atoms with Crippen molar-refractivity contribution in [2.75, 3.05) is 0 Å². The molecule has 0 aromatic carbocycles. The number of ether oxygens (including phenoxy) is 1. The van der Waals surface area contributed by atoms with Gasteiger partial charge in [-0.05, 0) is 36.7 Å². The van der Waals surface area contributed by atoms with Gasteiger partial charge in [-0.25, -0.2) is 9.97 Å². The molecule has 0 saturated carbocycles. The Morgan fingerprint density at radius 1 is 1.40 bits per heavy atom. The predicted octanol–water partition coefficient (Wildman–Crippen LogP) is 2.67. The molecule has 15 heavy (non-hydrogen) atoms. The maximum atomic E-state index is 5.73. The first-order valence-electron chi connectivity index (χ1n) is 4.64. The summed E-state index contributed by atoms with van der Waals surface area (Å²) >= 11 is 3.34. The van der Waals surface area contributed by atoms with Crippen molar-refractivity contribution in [2.45, 2.75) is 26.4 Å². The molecule has 0 amide bonds. The SMILES string of the molecule is CC(C)(C)Oc1nc(Br)cn2ccnc12. The minimum absolute atomic E-state index is 0.278. The zero-order valence-electron chi connectivity index (χ0n) is 8.86. The van der Waals surface area contributed by atoms with Gasteiger partial charge in [0.05, 0.1) is 0 Å². The van der Waals surface area contributed by atoms with Crippen molar-refractivity contribution in [1.82, 2.24) is 14.4 Å². The highest BCUT2D eigenvalue weighted by molar-refractivity contribution is 9.10. The average Bonchev–Trinajstić information content (AvgIpc) is 2.48. The van der Waals surface area contributed by atoms with Crippen LogP contribution in [0.25, 0.3) is 5.65 Å². The molecule has 0 saturated heterocycles. The molecule has 0 fully saturated rings. The molecule has 0 bridgehead atoms. The molecule has 0 aliphatic heterocycles. The van der Waals surface area contributed by atoms with Gasteiger partial charge in [0.2, 0.25) is 5.65 Å². The number of halogens is 1. The monoisotopic (exact) mass is 269 g/mol. The first kappa shape index (κ1) is 10.4. The molecule has 0 N–H and O–H groups in total. The highest BCUT2D eigenvalue weighted by Gasteiger charge is 2.16. The fraction of sp³-hybridized carbons (Fsp3) is 0.400. The van der Waals surface area contributed by atoms with Crippen LogP contribution in [0.4, 0.5) is 0 Å². The van der Waals surface area contributed by atoms with E-state index in [-0.39, 0.29) is 5.60 Å². The van der Waals surface area contributed by atoms with E-state index in [1.165, 1.54) is 0 Å². The van der Waals surface area contributed by atoms with Crippen LogP contribution in [-0.2, 0) is 0 Å². The molecule has 4 nitrogen and oxygen atoms in total. The van der Waals surface area contributed by atoms with Crippen molar-refractivity contribution in [2.24, 2.45) is 0 Å². The molecule has 0 radical (unpaired) electrons. The second-order valence-corrected chi connectivity index (χ2v) is 5.05. The smallest absolute Gasteiger partial charge is 0.259 e. The van der Waals surface area contributed by atoms with Gasteiger partial charge in [-0.1, -0.05) is 0 Å². The second kappa shape index (κ2) is 3.48. The summed E-state index contributed by atoms with van der Waals surface area (Å²) in [7, 11) is 0. The Labute approximate surface area is 96.4 Å². The number of fused-ring (bicyclic) bond motifs is 1. The minimum atomic E-state index is -0.278. The number of nitrogens with zero attached hydrogens (tertiary/aromatic N) is 3. The Morgan fingerprint density at radius 2 is 2.13 bits per heavy atom. The number of rotatable bonds is 1. The number of hydrogen-bond donors (Lipinski definition) is 0. The summed E-state index contributed by atoms with van der Waals surface area (Å²) in [4.78, 5) is 8.47. The third-order valence-electron chi connectivity index (χ3n) is 1.72. The van der Waals surface area contributed by atoms with Crippen molar-refractivity contribution in [1.29, 1.82) is 0 Å². The Kier molecular flexibility index (Phi) is 2.42. The third-order valence-corrected chi connectivity index (χ3v) is 2.10. The largest absolute Gasteiger partial charge is 0.469 e. The second-order valence-electron chi connectivity index (χ2n) is 4.24. The Hall–Kier alpha value is -1.10. The Morgan fingerprint density at radius 3 is 2.80 bits per heavy atom. The molecular formula is C10H12BrN3O. The van der Waals surface area contributed by atoms with Crippen molar-refractivity contribution in [3.8, 4) is 5.88 Å². The lowest BCUT2D eigenvalue weighted by Crippen LogP contribution is -2.24. The molecule has 0 aliphatic carbocycles. The van der Waals surface area contributed by atoms with E-state index in [0.29, 0.717) is 5.88 Å². The number of imidazole rings is 1. The molecule has 0 unspecified atom stereocenters. The maximum absolute atomic E-state index is 5.73. The van der Waals surface area contributed by atoms with Crippen molar-refractivity contribution >= 4 is 21.6 Å². The van der Waals surface area contributed by atoms with Gasteiger partial charge in [-0.2, -0.15) is 0 Å². The zero-order chi connectivity index (χ0) is 11.1. The highest BCUT2D eigenvalue weighted by atomic mass is 79.9. The zero-order valence-corrected chi connectivity index (χ0v) is 10.4. The summed E-state index contributed by atoms with van der Waals surface area (Å²) in [6, 6.07) is 0. The summed E-state index contributed by atoms with van der Waals surface area (Å²) in [6.07, 6.45) is 5.42. The van der Waals surface area contributed by atoms with Crippen molar-refractivity contribution in [3.05, 3.63) is 23.2 Å². The van der Waals surface area contributed by atoms with Crippen molar-refractivity contribution < 1.29 is 4.74 Å². The Balaban J connectivity index is 2.53. The quantitative estimate of drug-likeness (QED) is 0.799. The van der Waals surface area contributed by atoms with Crippen LogP contribution in [0.15, 0.2) is 23.2 Å². The topological polar surface area (TPSA) is 39.4 Å². The van der Waals surface area contributed by atoms with E-state index in [1.807, 2.05) is 37.6 Å². The highest BCUT2D eigenvalue weighted by Crippen LogP contribution is 2.22. The predicted molar refractivity (Wildman–Crippen MR) is 61.1 cm³/mol. The van der Waals surface area contributed by atoms with Gasteiger partial charge in [-0.15, -0.1) is 0 Å². The van der Waals surface area contributed by atoms with Crippen LogP contribution in [-0.4, -0.2) is 20.0 Å². The molecule has 2 aromatic heterocycles. The summed E-state index contributed by atoms with van der Waals surface area (Å²) < 4.78 is 8.33. The lowest BCUT2D eigenvalue weighted by Gasteiger charge is -2.20. The van der Waals surface area contributed by atoms with E-state index in [1.54, 1.807) is 6.20 Å². The van der Waals surface area contributed by atoms with E-state index in [4.69, 9.17) is 4.74 Å². The maximum Gasteiger partial charge on any atom is 0.259 e. The van der Waals surface area contributed by atoms with Gasteiger partial charge in [-0.3, -0.25) is 4.40 Å². The molecular weight excluding hydrogens is 258 g/mol. The lowest BCUT2D eigenvalue weighted by molar-refractivity contribution is 0.125. The molecule has 0 aliphatic rings. The van der Waals surface area contributed by atoms with E-state index in [0.717, 1.165) is 10.3 Å². The van der Waals surface area contributed by atoms with Gasteiger partial charge < -0.3 is 4.74 Å². The molecule has 0 atom stereocenters. The van der Waals surface area contributed by atoms with Crippen LogP contribution in [0, 0.1) is 0 Å². The lowest BCUT2D eigenvalue weighted by atomic mass is 10.2. The molecule has 80 valence electrons. The Bertz CT molecular complexity index is 487. The van der Waals surface area contributed by atoms with E-state index >= 15 is 0 Å². The molecule has 0 spiro atoms. The van der Waals surface area contributed by atoms with Crippen LogP contribution < -0.4 is 4.74 Å². The van der Waals surface area contributed by atoms with Crippen LogP contribution in [0.2, 0.25) is 0 Å². The van der Waals surface area contributed by atoms with Gasteiger partial charge >= 0.3 is 0 Å². The normalized spacial score (nSPS) is 12.0. The van der Waals surface area contributed by atoms with Gasteiger partial charge in [0, 0.05) is 18.6 Å². The van der Waals surface area contributed by atoms with Crippen LogP contribution in [0.1, 0.15) is 20.8 Å². The first-order valence-corrected chi connectivity index (χ1v) is 5.43. The fourth-order valence-corrected chi connectivity index (χ4v) is 1.61. The van der Waals surface area contributed by atoms with Gasteiger partial charge in [0.1, 0.15) is 10.2 Å². The number of hydrogen-bond acceptors (Lipinski definition) is 3. The molecule has 2 aromatic rings. The molecule has 5 heteroatoms. The first-order chi connectivity index (χ1) is 6.96. The fourth-order valence-electron chi connectivity index (χ4n) is 1.23. The van der Waals surface area contributed by atoms with Gasteiger partial charge in [0.15, 0.2) is 0 Å². The minimum Gasteiger partial charge on any atom is -0.469 e. The van der Waals surface area contributed by atoms with E-state index in [2.05, 4.69) is 25.9 Å². The van der Waals surface area contributed by atoms with Crippen LogP contribution in [0.5, 0.6) is 5.88 Å². The molecule has 2 heterocycles. The number of aromatic nitrogens is 3. The van der Waals surface area contributed by atoms with Crippen molar-refractivity contribution in [3.63, 3.8) is 0 Å². The summed E-state index contributed by atoms with van der Waals surface area (Å²) in [5.41, 5.74) is 0.452. The van der Waals surface area contributed by atoms with Crippen LogP contribution >= 0.6 is 15.9 Å². The summed E-state index contributed by atoms with van der Waals surface area (Å²) in [5.74, 6) is 0.543. The summed E-state index contributed by atoms with van der Waals surface area (Å²) in [6.45, 7) is 5.94. The summed E-state index contributed by atoms with van der Waals surface area (Å²) in [5, 5.41) is 0. The van der Waals surface area contributed by atoms with E-state index in [9.17, 15) is 0 Å².